The molecule has 1 aromatic heterocycles. The molecule has 2 aromatic rings. The fourth-order valence-electron chi connectivity index (χ4n) is 1.70. The van der Waals surface area contributed by atoms with Crippen molar-refractivity contribution in [3.8, 4) is 5.75 Å². The Hall–Kier alpha value is -1.80. The van der Waals surface area contributed by atoms with E-state index in [0.717, 1.165) is 0 Å². The molecular formula is C13H16ClN5O2S. The Morgan fingerprint density at radius 2 is 2.27 bits per heavy atom. The van der Waals surface area contributed by atoms with Crippen molar-refractivity contribution in [1.82, 2.24) is 20.2 Å². The number of ether oxygens (including phenoxy) is 1. The number of nitrogens with one attached hydrogen (secondary N) is 1. The lowest BCUT2D eigenvalue weighted by Crippen LogP contribution is -2.15. The molecule has 0 aliphatic rings. The van der Waals surface area contributed by atoms with Gasteiger partial charge in [-0.3, -0.25) is 4.79 Å². The van der Waals surface area contributed by atoms with E-state index < -0.39 is 0 Å². The van der Waals surface area contributed by atoms with Crippen LogP contribution in [0.2, 0.25) is 5.02 Å². The largest absolute Gasteiger partial charge is 0.495 e. The second-order valence-corrected chi connectivity index (χ2v) is 6.06. The molecule has 1 N–H and O–H groups in total. The van der Waals surface area contributed by atoms with Gasteiger partial charge in [0.15, 0.2) is 0 Å². The Bertz CT molecular complexity index is 662. The van der Waals surface area contributed by atoms with Crippen LogP contribution in [0.25, 0.3) is 0 Å². The average molecular weight is 342 g/mol. The van der Waals surface area contributed by atoms with Crippen LogP contribution in [0.4, 0.5) is 5.69 Å². The molecule has 2 rings (SSSR count). The molecular weight excluding hydrogens is 326 g/mol. The summed E-state index contributed by atoms with van der Waals surface area (Å²) in [5.74, 6) is 0.543. The maximum Gasteiger partial charge on any atom is 0.234 e. The van der Waals surface area contributed by atoms with E-state index in [9.17, 15) is 4.79 Å². The van der Waals surface area contributed by atoms with Crippen molar-refractivity contribution in [2.24, 2.45) is 0 Å². The van der Waals surface area contributed by atoms with E-state index >= 15 is 0 Å². The summed E-state index contributed by atoms with van der Waals surface area (Å²) in [4.78, 5) is 12.1. The highest BCUT2D eigenvalue weighted by Crippen LogP contribution is 2.28. The second kappa shape index (κ2) is 7.46. The SMILES string of the molecule is COc1ccc(Cl)cc1NC(=O)CSc1nnnn1C(C)C. The van der Waals surface area contributed by atoms with Crippen molar-refractivity contribution in [2.45, 2.75) is 25.0 Å². The first kappa shape index (κ1) is 16.6. The van der Waals surface area contributed by atoms with Gasteiger partial charge in [0, 0.05) is 5.02 Å². The van der Waals surface area contributed by atoms with E-state index in [2.05, 4.69) is 20.8 Å². The van der Waals surface area contributed by atoms with Gasteiger partial charge in [-0.15, -0.1) is 5.10 Å². The number of nitrogens with zero attached hydrogens (tertiary/aromatic N) is 4. The van der Waals surface area contributed by atoms with Crippen LogP contribution in [-0.2, 0) is 4.79 Å². The van der Waals surface area contributed by atoms with E-state index in [1.165, 1.54) is 18.9 Å². The van der Waals surface area contributed by atoms with Gasteiger partial charge in [0.2, 0.25) is 11.1 Å². The Kier molecular flexibility index (Phi) is 5.62. The predicted octanol–water partition coefficient (Wildman–Crippen LogP) is 2.65. The highest BCUT2D eigenvalue weighted by molar-refractivity contribution is 7.99. The number of thioether (sulfide) groups is 1. The molecule has 0 fully saturated rings. The van der Waals surface area contributed by atoms with E-state index in [0.29, 0.717) is 21.6 Å². The maximum atomic E-state index is 12.1. The summed E-state index contributed by atoms with van der Waals surface area (Å²) < 4.78 is 6.85. The number of carbonyl (C=O) groups is 1. The standard InChI is InChI=1S/C13H16ClN5O2S/c1-8(2)19-13(16-17-18-19)22-7-12(20)15-10-6-9(14)4-5-11(10)21-3/h4-6,8H,7H2,1-3H3,(H,15,20). The predicted molar refractivity (Wildman–Crippen MR) is 85.6 cm³/mol. The van der Waals surface area contributed by atoms with Crippen LogP contribution in [0.1, 0.15) is 19.9 Å². The summed E-state index contributed by atoms with van der Waals surface area (Å²) in [6.45, 7) is 3.94. The molecule has 1 amide bonds. The number of aromatic nitrogens is 4. The smallest absolute Gasteiger partial charge is 0.234 e. The number of anilines is 1. The van der Waals surface area contributed by atoms with Gasteiger partial charge in [-0.2, -0.15) is 0 Å². The van der Waals surface area contributed by atoms with E-state index in [4.69, 9.17) is 16.3 Å². The molecule has 0 aliphatic heterocycles. The summed E-state index contributed by atoms with van der Waals surface area (Å²) in [6.07, 6.45) is 0. The minimum atomic E-state index is -0.191. The Balaban J connectivity index is 1.99. The molecule has 0 unspecified atom stereocenters. The molecule has 0 atom stereocenters. The lowest BCUT2D eigenvalue weighted by molar-refractivity contribution is -0.113. The first-order chi connectivity index (χ1) is 10.5. The van der Waals surface area contributed by atoms with Crippen LogP contribution in [0.15, 0.2) is 23.4 Å². The van der Waals surface area contributed by atoms with E-state index in [1.54, 1.807) is 22.9 Å². The molecule has 118 valence electrons. The Morgan fingerprint density at radius 1 is 1.50 bits per heavy atom. The number of carbonyl (C=O) groups excluding carboxylic acids is 1. The summed E-state index contributed by atoms with van der Waals surface area (Å²) >= 11 is 7.20. The minimum Gasteiger partial charge on any atom is -0.495 e. The number of benzene rings is 1. The van der Waals surface area contributed by atoms with Crippen LogP contribution < -0.4 is 10.1 Å². The van der Waals surface area contributed by atoms with Gasteiger partial charge in [-0.25, -0.2) is 4.68 Å². The van der Waals surface area contributed by atoms with Crippen LogP contribution >= 0.6 is 23.4 Å². The number of halogens is 1. The van der Waals surface area contributed by atoms with Gasteiger partial charge in [0.25, 0.3) is 0 Å². The first-order valence-electron chi connectivity index (χ1n) is 6.55. The zero-order valence-electron chi connectivity index (χ0n) is 12.4. The third-order valence-corrected chi connectivity index (χ3v) is 3.89. The fourth-order valence-corrected chi connectivity index (χ4v) is 2.68. The zero-order chi connectivity index (χ0) is 16.1. The Labute approximate surface area is 137 Å². The zero-order valence-corrected chi connectivity index (χ0v) is 14.0. The van der Waals surface area contributed by atoms with Gasteiger partial charge in [-0.1, -0.05) is 23.4 Å². The molecule has 0 aliphatic carbocycles. The summed E-state index contributed by atoms with van der Waals surface area (Å²) in [6, 6.07) is 5.17. The molecule has 0 spiro atoms. The molecule has 1 aromatic carbocycles. The quantitative estimate of drug-likeness (QED) is 0.813. The molecule has 9 heteroatoms. The maximum absolute atomic E-state index is 12.1. The number of hydrogen-bond donors (Lipinski definition) is 1. The number of rotatable bonds is 6. The van der Waals surface area contributed by atoms with Gasteiger partial charge in [-0.05, 0) is 42.5 Å². The summed E-state index contributed by atoms with van der Waals surface area (Å²) in [5.41, 5.74) is 0.532. The average Bonchev–Trinajstić information content (AvgIpc) is 2.94. The van der Waals surface area contributed by atoms with Gasteiger partial charge in [0.1, 0.15) is 5.75 Å². The van der Waals surface area contributed by atoms with E-state index in [1.807, 2.05) is 13.8 Å². The lowest BCUT2D eigenvalue weighted by atomic mass is 10.3. The molecule has 7 nitrogen and oxygen atoms in total. The topological polar surface area (TPSA) is 81.9 Å². The van der Waals surface area contributed by atoms with E-state index in [-0.39, 0.29) is 17.7 Å². The number of hydrogen-bond acceptors (Lipinski definition) is 6. The van der Waals surface area contributed by atoms with Crippen molar-refractivity contribution in [2.75, 3.05) is 18.2 Å². The molecule has 0 saturated carbocycles. The van der Waals surface area contributed by atoms with Crippen LogP contribution in [0.3, 0.4) is 0 Å². The molecule has 0 saturated heterocycles. The highest BCUT2D eigenvalue weighted by atomic mass is 35.5. The third-order valence-electron chi connectivity index (χ3n) is 2.72. The van der Waals surface area contributed by atoms with Crippen molar-refractivity contribution < 1.29 is 9.53 Å². The van der Waals surface area contributed by atoms with Crippen molar-refractivity contribution >= 4 is 35.0 Å². The van der Waals surface area contributed by atoms with Crippen molar-refractivity contribution in [3.05, 3.63) is 23.2 Å². The van der Waals surface area contributed by atoms with Crippen LogP contribution in [-0.4, -0.2) is 39.0 Å². The fraction of sp³-hybridized carbons (Fsp3) is 0.385. The Morgan fingerprint density at radius 3 is 2.95 bits per heavy atom. The summed E-state index contributed by atoms with van der Waals surface area (Å²) in [5, 5.41) is 15.3. The van der Waals surface area contributed by atoms with Gasteiger partial charge < -0.3 is 10.1 Å². The molecule has 0 bridgehead atoms. The number of methoxy groups -OCH3 is 1. The molecule has 22 heavy (non-hydrogen) atoms. The van der Waals surface area contributed by atoms with Crippen molar-refractivity contribution in [1.29, 1.82) is 0 Å². The molecule has 1 heterocycles. The minimum absolute atomic E-state index is 0.133. The van der Waals surface area contributed by atoms with Crippen LogP contribution in [0, 0.1) is 0 Å². The normalized spacial score (nSPS) is 10.8. The molecule has 0 radical (unpaired) electrons. The van der Waals surface area contributed by atoms with Crippen LogP contribution in [0.5, 0.6) is 5.75 Å². The highest BCUT2D eigenvalue weighted by Gasteiger charge is 2.13. The van der Waals surface area contributed by atoms with Gasteiger partial charge in [0.05, 0.1) is 24.6 Å². The van der Waals surface area contributed by atoms with Crippen molar-refractivity contribution in [3.63, 3.8) is 0 Å². The first-order valence-corrected chi connectivity index (χ1v) is 7.91. The second-order valence-electron chi connectivity index (χ2n) is 4.68. The summed E-state index contributed by atoms with van der Waals surface area (Å²) in [7, 11) is 1.53. The third kappa shape index (κ3) is 4.11. The monoisotopic (exact) mass is 341 g/mol. The number of tetrazole rings is 1. The van der Waals surface area contributed by atoms with Gasteiger partial charge >= 0.3 is 0 Å². The lowest BCUT2D eigenvalue weighted by Gasteiger charge is -2.10. The number of amides is 1.